The molecule has 2 nitrogen and oxygen atoms in total. The summed E-state index contributed by atoms with van der Waals surface area (Å²) in [7, 11) is 1.71. The van der Waals surface area contributed by atoms with Gasteiger partial charge in [-0.05, 0) is 36.6 Å². The number of nitrogens with two attached hydrogens (primary N) is 1. The van der Waals surface area contributed by atoms with Crippen molar-refractivity contribution < 1.29 is 4.74 Å². The van der Waals surface area contributed by atoms with Gasteiger partial charge < -0.3 is 10.5 Å². The van der Waals surface area contributed by atoms with E-state index in [1.165, 1.54) is 0 Å². The molecule has 0 fully saturated rings. The van der Waals surface area contributed by atoms with Crippen LogP contribution in [-0.4, -0.2) is 13.7 Å². The molecule has 0 aromatic heterocycles. The number of methoxy groups -OCH3 is 1. The third-order valence-corrected chi connectivity index (χ3v) is 3.09. The molecule has 0 aliphatic carbocycles. The Bertz CT molecular complexity index is 297. The highest BCUT2D eigenvalue weighted by atomic mass is 79.9. The van der Waals surface area contributed by atoms with E-state index in [0.717, 1.165) is 34.0 Å². The van der Waals surface area contributed by atoms with E-state index in [1.807, 2.05) is 6.07 Å². The molecule has 0 aliphatic rings. The third-order valence-electron chi connectivity index (χ3n) is 2.18. The van der Waals surface area contributed by atoms with Crippen molar-refractivity contribution in [1.82, 2.24) is 0 Å². The van der Waals surface area contributed by atoms with E-state index in [2.05, 4.69) is 44.0 Å². The first-order chi connectivity index (χ1) is 7.13. The molecular formula is C11H15Br2NO. The fourth-order valence-electron chi connectivity index (χ4n) is 1.40. The second-order valence-corrected chi connectivity index (χ2v) is 5.28. The number of rotatable bonds is 5. The van der Waals surface area contributed by atoms with E-state index in [1.54, 1.807) is 7.11 Å². The summed E-state index contributed by atoms with van der Waals surface area (Å²) in [5, 5.41) is 0. The number of ether oxygens (including phenoxy) is 1. The molecule has 2 N–H and O–H groups in total. The average molecular weight is 337 g/mol. The lowest BCUT2D eigenvalue weighted by atomic mass is 10.0. The lowest BCUT2D eigenvalue weighted by Gasteiger charge is -2.12. The van der Waals surface area contributed by atoms with E-state index in [0.29, 0.717) is 0 Å². The highest BCUT2D eigenvalue weighted by Gasteiger charge is 2.07. The van der Waals surface area contributed by atoms with Crippen molar-refractivity contribution >= 4 is 31.9 Å². The van der Waals surface area contributed by atoms with E-state index in [9.17, 15) is 0 Å². The van der Waals surface area contributed by atoms with Crippen LogP contribution < -0.4 is 5.73 Å². The first-order valence-corrected chi connectivity index (χ1v) is 6.42. The van der Waals surface area contributed by atoms with Crippen LogP contribution in [0.5, 0.6) is 0 Å². The lowest BCUT2D eigenvalue weighted by molar-refractivity contribution is 0.190. The maximum Gasteiger partial charge on any atom is 0.0462 e. The predicted octanol–water partition coefficient (Wildman–Crippen LogP) is 3.64. The Kier molecular flexibility index (Phi) is 5.82. The molecule has 0 radical (unpaired) electrons. The molecule has 0 saturated carbocycles. The smallest absolute Gasteiger partial charge is 0.0462 e. The minimum absolute atomic E-state index is 0.0777. The van der Waals surface area contributed by atoms with Gasteiger partial charge in [-0.25, -0.2) is 0 Å². The van der Waals surface area contributed by atoms with Gasteiger partial charge in [0.05, 0.1) is 0 Å². The quantitative estimate of drug-likeness (QED) is 0.833. The van der Waals surface area contributed by atoms with E-state index in [-0.39, 0.29) is 6.04 Å². The average Bonchev–Trinajstić information content (AvgIpc) is 2.16. The summed E-state index contributed by atoms with van der Waals surface area (Å²) in [6, 6.07) is 6.20. The summed E-state index contributed by atoms with van der Waals surface area (Å²) in [5.41, 5.74) is 7.22. The van der Waals surface area contributed by atoms with Crippen molar-refractivity contribution in [1.29, 1.82) is 0 Å². The van der Waals surface area contributed by atoms with Crippen LogP contribution in [0.25, 0.3) is 0 Å². The van der Waals surface area contributed by atoms with Gasteiger partial charge in [-0.3, -0.25) is 0 Å². The first-order valence-electron chi connectivity index (χ1n) is 4.84. The summed E-state index contributed by atoms with van der Waals surface area (Å²) in [5.74, 6) is 0. The highest BCUT2D eigenvalue weighted by Crippen LogP contribution is 2.25. The summed E-state index contributed by atoms with van der Waals surface area (Å²) in [6.07, 6.45) is 1.93. The molecule has 1 atom stereocenters. The van der Waals surface area contributed by atoms with Crippen molar-refractivity contribution in [2.24, 2.45) is 5.73 Å². The molecule has 0 aliphatic heterocycles. The van der Waals surface area contributed by atoms with Crippen molar-refractivity contribution in [2.45, 2.75) is 18.9 Å². The zero-order valence-corrected chi connectivity index (χ0v) is 11.8. The molecule has 84 valence electrons. The molecule has 1 aromatic rings. The third kappa shape index (κ3) is 4.64. The molecule has 0 saturated heterocycles. The molecule has 1 aromatic carbocycles. The lowest BCUT2D eigenvalue weighted by Crippen LogP contribution is -2.11. The Balaban J connectivity index is 2.60. The molecule has 4 heteroatoms. The minimum Gasteiger partial charge on any atom is -0.385 e. The molecule has 1 rings (SSSR count). The largest absolute Gasteiger partial charge is 0.385 e. The van der Waals surface area contributed by atoms with Crippen molar-refractivity contribution in [3.63, 3.8) is 0 Å². The molecule has 0 amide bonds. The van der Waals surface area contributed by atoms with Gasteiger partial charge >= 0.3 is 0 Å². The van der Waals surface area contributed by atoms with Gasteiger partial charge in [-0.2, -0.15) is 0 Å². The Morgan fingerprint density at radius 1 is 1.27 bits per heavy atom. The summed E-state index contributed by atoms with van der Waals surface area (Å²) >= 11 is 6.91. The Labute approximate surface area is 107 Å². The second-order valence-electron chi connectivity index (χ2n) is 3.44. The predicted molar refractivity (Wildman–Crippen MR) is 69.9 cm³/mol. The van der Waals surface area contributed by atoms with Gasteiger partial charge in [0.2, 0.25) is 0 Å². The number of halogens is 2. The second kappa shape index (κ2) is 6.63. The summed E-state index contributed by atoms with van der Waals surface area (Å²) < 4.78 is 7.10. The Hall–Kier alpha value is 0.1000. The van der Waals surface area contributed by atoms with Crippen LogP contribution in [0.4, 0.5) is 0 Å². The monoisotopic (exact) mass is 335 g/mol. The molecule has 15 heavy (non-hydrogen) atoms. The van der Waals surface area contributed by atoms with Gasteiger partial charge in [0, 0.05) is 28.7 Å². The zero-order chi connectivity index (χ0) is 11.3. The standard InChI is InChI=1S/C11H15Br2NO/c1-15-4-2-3-11(14)8-5-9(12)7-10(13)6-8/h5-7,11H,2-4,14H2,1H3. The normalized spacial score (nSPS) is 12.8. The van der Waals surface area contributed by atoms with Crippen LogP contribution in [0.15, 0.2) is 27.1 Å². The number of hydrogen-bond acceptors (Lipinski definition) is 2. The Morgan fingerprint density at radius 2 is 1.87 bits per heavy atom. The molecular weight excluding hydrogens is 322 g/mol. The Morgan fingerprint density at radius 3 is 2.40 bits per heavy atom. The summed E-state index contributed by atoms with van der Waals surface area (Å²) in [4.78, 5) is 0. The maximum absolute atomic E-state index is 6.08. The minimum atomic E-state index is 0.0777. The molecule has 1 unspecified atom stereocenters. The van der Waals surface area contributed by atoms with Crippen LogP contribution in [0, 0.1) is 0 Å². The number of benzene rings is 1. The van der Waals surface area contributed by atoms with E-state index in [4.69, 9.17) is 10.5 Å². The van der Waals surface area contributed by atoms with Crippen molar-refractivity contribution in [2.75, 3.05) is 13.7 Å². The van der Waals surface area contributed by atoms with E-state index < -0.39 is 0 Å². The van der Waals surface area contributed by atoms with Gasteiger partial charge in [-0.15, -0.1) is 0 Å². The van der Waals surface area contributed by atoms with Gasteiger partial charge in [0.1, 0.15) is 0 Å². The molecule has 0 heterocycles. The highest BCUT2D eigenvalue weighted by molar-refractivity contribution is 9.11. The van der Waals surface area contributed by atoms with Crippen LogP contribution in [-0.2, 0) is 4.74 Å². The fourth-order valence-corrected chi connectivity index (χ4v) is 2.73. The molecule has 0 spiro atoms. The summed E-state index contributed by atoms with van der Waals surface area (Å²) in [6.45, 7) is 0.767. The van der Waals surface area contributed by atoms with E-state index >= 15 is 0 Å². The number of hydrogen-bond donors (Lipinski definition) is 1. The SMILES string of the molecule is COCCCC(N)c1cc(Br)cc(Br)c1. The maximum atomic E-state index is 6.08. The van der Waals surface area contributed by atoms with Crippen molar-refractivity contribution in [3.05, 3.63) is 32.7 Å². The van der Waals surface area contributed by atoms with Crippen LogP contribution in [0.3, 0.4) is 0 Å². The topological polar surface area (TPSA) is 35.2 Å². The van der Waals surface area contributed by atoms with Crippen molar-refractivity contribution in [3.8, 4) is 0 Å². The first kappa shape index (κ1) is 13.2. The van der Waals surface area contributed by atoms with Gasteiger partial charge in [0.15, 0.2) is 0 Å². The molecule has 0 bridgehead atoms. The van der Waals surface area contributed by atoms with Crippen LogP contribution >= 0.6 is 31.9 Å². The van der Waals surface area contributed by atoms with Crippen LogP contribution in [0.2, 0.25) is 0 Å². The van der Waals surface area contributed by atoms with Gasteiger partial charge in [-0.1, -0.05) is 31.9 Å². The zero-order valence-electron chi connectivity index (χ0n) is 8.67. The van der Waals surface area contributed by atoms with Gasteiger partial charge in [0.25, 0.3) is 0 Å². The fraction of sp³-hybridized carbons (Fsp3) is 0.455. The van der Waals surface area contributed by atoms with Crippen LogP contribution in [0.1, 0.15) is 24.4 Å².